The number of rotatable bonds is 7. The lowest BCUT2D eigenvalue weighted by atomic mass is 10.2. The molecule has 0 aromatic heterocycles. The molecule has 2 amide bonds. The van der Waals surface area contributed by atoms with Crippen LogP contribution < -0.4 is 10.6 Å². The number of likely N-dealkylation sites (N-methyl/N-ethyl adjacent to an activating group) is 1. The van der Waals surface area contributed by atoms with Crippen LogP contribution in [-0.4, -0.2) is 74.5 Å². The van der Waals surface area contributed by atoms with Crippen molar-refractivity contribution in [2.45, 2.75) is 12.5 Å². The fourth-order valence-corrected chi connectivity index (χ4v) is 2.98. The summed E-state index contributed by atoms with van der Waals surface area (Å²) in [5, 5.41) is 6.01. The monoisotopic (exact) mass is 352 g/mol. The molecule has 1 saturated heterocycles. The molecule has 7 heteroatoms. The SMILES string of the molecule is CN(C)[C@H]1CCN(CC(=O)NCCNC(=O)c2ccccc2Cl)C1. The number of hydrogen-bond donors (Lipinski definition) is 2. The molecule has 0 radical (unpaired) electrons. The number of halogens is 1. The lowest BCUT2D eigenvalue weighted by Gasteiger charge is -2.20. The maximum absolute atomic E-state index is 12.0. The van der Waals surface area contributed by atoms with Gasteiger partial charge in [-0.25, -0.2) is 0 Å². The zero-order valence-corrected chi connectivity index (χ0v) is 15.0. The van der Waals surface area contributed by atoms with E-state index in [9.17, 15) is 9.59 Å². The fourth-order valence-electron chi connectivity index (χ4n) is 2.75. The van der Waals surface area contributed by atoms with E-state index in [1.54, 1.807) is 24.3 Å². The van der Waals surface area contributed by atoms with Crippen LogP contribution in [0.5, 0.6) is 0 Å². The number of nitrogens with one attached hydrogen (secondary N) is 2. The zero-order valence-electron chi connectivity index (χ0n) is 14.2. The molecule has 1 aromatic rings. The Bertz CT molecular complexity index is 579. The molecule has 1 aliphatic heterocycles. The van der Waals surface area contributed by atoms with E-state index < -0.39 is 0 Å². The van der Waals surface area contributed by atoms with E-state index in [2.05, 4.69) is 34.5 Å². The van der Waals surface area contributed by atoms with Gasteiger partial charge in [0.2, 0.25) is 5.91 Å². The van der Waals surface area contributed by atoms with E-state index in [4.69, 9.17) is 11.6 Å². The molecule has 24 heavy (non-hydrogen) atoms. The first-order valence-corrected chi connectivity index (χ1v) is 8.53. The quantitative estimate of drug-likeness (QED) is 0.713. The van der Waals surface area contributed by atoms with Gasteiger partial charge >= 0.3 is 0 Å². The Hall–Kier alpha value is -1.63. The van der Waals surface area contributed by atoms with Gasteiger partial charge in [0, 0.05) is 32.2 Å². The second kappa shape index (κ2) is 9.01. The smallest absolute Gasteiger partial charge is 0.252 e. The predicted octanol–water partition coefficient (Wildman–Crippen LogP) is 0.822. The van der Waals surface area contributed by atoms with Crippen LogP contribution in [0.25, 0.3) is 0 Å². The summed E-state index contributed by atoms with van der Waals surface area (Å²) in [5.41, 5.74) is 0.442. The highest BCUT2D eigenvalue weighted by molar-refractivity contribution is 6.33. The molecule has 1 aromatic carbocycles. The van der Waals surface area contributed by atoms with Crippen molar-refractivity contribution < 1.29 is 9.59 Å². The lowest BCUT2D eigenvalue weighted by molar-refractivity contribution is -0.122. The minimum Gasteiger partial charge on any atom is -0.353 e. The number of carbonyl (C=O) groups is 2. The average Bonchev–Trinajstić information content (AvgIpc) is 3.00. The highest BCUT2D eigenvalue weighted by atomic mass is 35.5. The summed E-state index contributed by atoms with van der Waals surface area (Å²) >= 11 is 5.97. The summed E-state index contributed by atoms with van der Waals surface area (Å²) < 4.78 is 0. The molecule has 0 saturated carbocycles. The second-order valence-electron chi connectivity index (χ2n) is 6.23. The Morgan fingerprint density at radius 3 is 2.62 bits per heavy atom. The highest BCUT2D eigenvalue weighted by Crippen LogP contribution is 2.14. The predicted molar refractivity (Wildman–Crippen MR) is 95.3 cm³/mol. The van der Waals surface area contributed by atoms with Crippen molar-refractivity contribution in [3.8, 4) is 0 Å². The lowest BCUT2D eigenvalue weighted by Crippen LogP contribution is -2.41. The van der Waals surface area contributed by atoms with Crippen molar-refractivity contribution in [1.82, 2.24) is 20.4 Å². The number of benzene rings is 1. The van der Waals surface area contributed by atoms with Crippen LogP contribution in [0.1, 0.15) is 16.8 Å². The summed E-state index contributed by atoms with van der Waals surface area (Å²) in [4.78, 5) is 28.3. The first kappa shape index (κ1) is 18.7. The number of hydrogen-bond acceptors (Lipinski definition) is 4. The number of nitrogens with zero attached hydrogens (tertiary/aromatic N) is 2. The molecule has 0 bridgehead atoms. The highest BCUT2D eigenvalue weighted by Gasteiger charge is 2.25. The Morgan fingerprint density at radius 1 is 1.25 bits per heavy atom. The first-order valence-electron chi connectivity index (χ1n) is 8.15. The van der Waals surface area contributed by atoms with Crippen molar-refractivity contribution in [3.05, 3.63) is 34.9 Å². The van der Waals surface area contributed by atoms with Crippen LogP contribution >= 0.6 is 11.6 Å². The van der Waals surface area contributed by atoms with Gasteiger partial charge in [-0.05, 0) is 32.6 Å². The van der Waals surface area contributed by atoms with Crippen LogP contribution in [-0.2, 0) is 4.79 Å². The number of amides is 2. The molecule has 1 fully saturated rings. The van der Waals surface area contributed by atoms with E-state index >= 15 is 0 Å². The maximum Gasteiger partial charge on any atom is 0.252 e. The molecule has 1 aliphatic rings. The third kappa shape index (κ3) is 5.47. The molecule has 0 unspecified atom stereocenters. The Morgan fingerprint density at radius 2 is 1.96 bits per heavy atom. The van der Waals surface area contributed by atoms with Gasteiger partial charge in [-0.2, -0.15) is 0 Å². The molecule has 6 nitrogen and oxygen atoms in total. The Kier molecular flexibility index (Phi) is 7.02. The number of likely N-dealkylation sites (tertiary alicyclic amines) is 1. The van der Waals surface area contributed by atoms with Crippen LogP contribution in [0.15, 0.2) is 24.3 Å². The Balaban J connectivity index is 1.63. The average molecular weight is 353 g/mol. The third-order valence-electron chi connectivity index (χ3n) is 4.20. The summed E-state index contributed by atoms with van der Waals surface area (Å²) in [7, 11) is 4.13. The Labute approximate surface area is 148 Å². The maximum atomic E-state index is 12.0. The van der Waals surface area contributed by atoms with E-state index in [0.717, 1.165) is 19.5 Å². The fraction of sp³-hybridized carbons (Fsp3) is 0.529. The van der Waals surface area contributed by atoms with Crippen molar-refractivity contribution in [2.75, 3.05) is 46.8 Å². The van der Waals surface area contributed by atoms with Crippen LogP contribution in [0.2, 0.25) is 5.02 Å². The van der Waals surface area contributed by atoms with Gasteiger partial charge in [-0.15, -0.1) is 0 Å². The molecular weight excluding hydrogens is 328 g/mol. The summed E-state index contributed by atoms with van der Waals surface area (Å²) in [6, 6.07) is 7.41. The largest absolute Gasteiger partial charge is 0.353 e. The van der Waals surface area contributed by atoms with Crippen LogP contribution in [0.3, 0.4) is 0 Å². The standard InChI is InChI=1S/C17H25ClN4O2/c1-21(2)13-7-10-22(11-13)12-16(23)19-8-9-20-17(24)14-5-3-4-6-15(14)18/h3-6,13H,7-12H2,1-2H3,(H,19,23)(H,20,24)/t13-/m0/s1. The van der Waals surface area contributed by atoms with Gasteiger partial charge in [-0.3, -0.25) is 14.5 Å². The molecule has 0 spiro atoms. The van der Waals surface area contributed by atoms with Crippen LogP contribution in [0.4, 0.5) is 0 Å². The van der Waals surface area contributed by atoms with E-state index in [0.29, 0.717) is 36.3 Å². The van der Waals surface area contributed by atoms with Crippen molar-refractivity contribution in [1.29, 1.82) is 0 Å². The summed E-state index contributed by atoms with van der Waals surface area (Å²) in [6.45, 7) is 3.04. The van der Waals surface area contributed by atoms with Gasteiger partial charge in [0.05, 0.1) is 17.1 Å². The normalized spacial score (nSPS) is 17.9. The van der Waals surface area contributed by atoms with Gasteiger partial charge < -0.3 is 15.5 Å². The van der Waals surface area contributed by atoms with Crippen molar-refractivity contribution in [2.24, 2.45) is 0 Å². The molecule has 2 rings (SSSR count). The minimum absolute atomic E-state index is 0.0126. The minimum atomic E-state index is -0.233. The number of carbonyl (C=O) groups excluding carboxylic acids is 2. The summed E-state index contributed by atoms with van der Waals surface area (Å²) in [5.74, 6) is -0.246. The van der Waals surface area contributed by atoms with Crippen LogP contribution in [0, 0.1) is 0 Å². The van der Waals surface area contributed by atoms with Gasteiger partial charge in [0.1, 0.15) is 0 Å². The first-order chi connectivity index (χ1) is 11.5. The van der Waals surface area contributed by atoms with E-state index in [1.165, 1.54) is 0 Å². The van der Waals surface area contributed by atoms with Crippen molar-refractivity contribution in [3.63, 3.8) is 0 Å². The van der Waals surface area contributed by atoms with E-state index in [-0.39, 0.29) is 11.8 Å². The topological polar surface area (TPSA) is 64.7 Å². The third-order valence-corrected chi connectivity index (χ3v) is 4.53. The molecular formula is C17H25ClN4O2. The molecule has 2 N–H and O–H groups in total. The molecule has 0 aliphatic carbocycles. The molecule has 1 heterocycles. The van der Waals surface area contributed by atoms with Gasteiger partial charge in [-0.1, -0.05) is 23.7 Å². The molecule has 1 atom stereocenters. The molecule has 132 valence electrons. The van der Waals surface area contributed by atoms with Gasteiger partial charge in [0.15, 0.2) is 0 Å². The van der Waals surface area contributed by atoms with Crippen molar-refractivity contribution >= 4 is 23.4 Å². The second-order valence-corrected chi connectivity index (χ2v) is 6.63. The zero-order chi connectivity index (χ0) is 17.5. The summed E-state index contributed by atoms with van der Waals surface area (Å²) in [6.07, 6.45) is 1.09. The van der Waals surface area contributed by atoms with Gasteiger partial charge in [0.25, 0.3) is 5.91 Å². The van der Waals surface area contributed by atoms with E-state index in [1.807, 2.05) is 0 Å².